The van der Waals surface area contributed by atoms with E-state index in [4.69, 9.17) is 5.11 Å². The molecule has 6 heteroatoms. The monoisotopic (exact) mass is 485 g/mol. The number of rotatable bonds is 12. The number of hydrogen-bond acceptors (Lipinski definition) is 5. The molecule has 0 unspecified atom stereocenters. The van der Waals surface area contributed by atoms with E-state index in [9.17, 15) is 9.59 Å². The Morgan fingerprint density at radius 3 is 1.94 bits per heavy atom. The number of carboxylic acid groups (broad SMARTS) is 1. The van der Waals surface area contributed by atoms with Crippen molar-refractivity contribution in [3.63, 3.8) is 0 Å². The molecule has 1 saturated heterocycles. The highest BCUT2D eigenvalue weighted by molar-refractivity contribution is 5.73. The van der Waals surface area contributed by atoms with Gasteiger partial charge in [-0.05, 0) is 49.1 Å². The van der Waals surface area contributed by atoms with Gasteiger partial charge in [0.25, 0.3) is 0 Å². The fourth-order valence-corrected chi connectivity index (χ4v) is 5.21. The second-order valence-electron chi connectivity index (χ2n) is 9.47. The molecule has 36 heavy (non-hydrogen) atoms. The molecule has 0 radical (unpaired) electrons. The predicted molar refractivity (Wildman–Crippen MR) is 143 cm³/mol. The maximum Gasteiger partial charge on any atom is 0.317 e. The summed E-state index contributed by atoms with van der Waals surface area (Å²) in [6.07, 6.45) is 3.46. The molecule has 0 aromatic heterocycles. The van der Waals surface area contributed by atoms with E-state index >= 15 is 0 Å². The standard InChI is InChI=1S/C30H35N3O3/c34-23-30(33(24-31-22-29(35)36)27-14-8-3-9-15-27)17-20-32(21-18-30)19-16-28(25-10-4-1-5-11-25)26-12-6-2-7-13-26/h1-15,23,28,31H,16-22,24H2,(H,35,36). The first kappa shape index (κ1) is 25.6. The Labute approximate surface area is 213 Å². The Balaban J connectivity index is 1.44. The Morgan fingerprint density at radius 2 is 1.44 bits per heavy atom. The Bertz CT molecular complexity index is 1040. The lowest BCUT2D eigenvalue weighted by atomic mass is 9.85. The summed E-state index contributed by atoms with van der Waals surface area (Å²) in [7, 11) is 0. The van der Waals surface area contributed by atoms with E-state index < -0.39 is 11.5 Å². The van der Waals surface area contributed by atoms with E-state index in [1.54, 1.807) is 0 Å². The van der Waals surface area contributed by atoms with Crippen molar-refractivity contribution in [1.82, 2.24) is 10.2 Å². The van der Waals surface area contributed by atoms with Crippen LogP contribution in [0.3, 0.4) is 0 Å². The third-order valence-corrected chi connectivity index (χ3v) is 7.23. The maximum atomic E-state index is 12.5. The molecule has 1 fully saturated rings. The van der Waals surface area contributed by atoms with Gasteiger partial charge in [-0.15, -0.1) is 0 Å². The molecular formula is C30H35N3O3. The number of carbonyl (C=O) groups is 2. The van der Waals surface area contributed by atoms with Gasteiger partial charge in [0.2, 0.25) is 0 Å². The lowest BCUT2D eigenvalue weighted by Gasteiger charge is -2.47. The van der Waals surface area contributed by atoms with Crippen LogP contribution in [0.5, 0.6) is 0 Å². The highest BCUT2D eigenvalue weighted by Crippen LogP contribution is 2.33. The van der Waals surface area contributed by atoms with Gasteiger partial charge in [0, 0.05) is 24.7 Å². The van der Waals surface area contributed by atoms with Gasteiger partial charge in [-0.1, -0.05) is 78.9 Å². The highest BCUT2D eigenvalue weighted by atomic mass is 16.4. The van der Waals surface area contributed by atoms with Gasteiger partial charge in [0.15, 0.2) is 0 Å². The highest BCUT2D eigenvalue weighted by Gasteiger charge is 2.40. The Kier molecular flexibility index (Phi) is 8.87. The molecule has 188 valence electrons. The smallest absolute Gasteiger partial charge is 0.317 e. The number of nitrogens with zero attached hydrogens (tertiary/aromatic N) is 2. The molecule has 0 aliphatic carbocycles. The van der Waals surface area contributed by atoms with Crippen LogP contribution < -0.4 is 10.2 Å². The van der Waals surface area contributed by atoms with Gasteiger partial charge >= 0.3 is 5.97 Å². The zero-order valence-corrected chi connectivity index (χ0v) is 20.6. The van der Waals surface area contributed by atoms with Crippen molar-refractivity contribution in [2.45, 2.75) is 30.7 Å². The SMILES string of the molecule is O=CC1(N(CNCC(=O)O)c2ccccc2)CCN(CCC(c2ccccc2)c2ccccc2)CC1. The van der Waals surface area contributed by atoms with Crippen LogP contribution >= 0.6 is 0 Å². The number of nitrogens with one attached hydrogen (secondary N) is 1. The van der Waals surface area contributed by atoms with Gasteiger partial charge in [-0.2, -0.15) is 0 Å². The summed E-state index contributed by atoms with van der Waals surface area (Å²) >= 11 is 0. The minimum Gasteiger partial charge on any atom is -0.480 e. The predicted octanol–water partition coefficient (Wildman–Crippen LogP) is 4.38. The first-order valence-corrected chi connectivity index (χ1v) is 12.6. The largest absolute Gasteiger partial charge is 0.480 e. The summed E-state index contributed by atoms with van der Waals surface area (Å²) in [6, 6.07) is 31.1. The molecule has 1 heterocycles. The Morgan fingerprint density at radius 1 is 0.917 bits per heavy atom. The molecule has 0 saturated carbocycles. The van der Waals surface area contributed by atoms with E-state index in [0.717, 1.165) is 38.0 Å². The van der Waals surface area contributed by atoms with Gasteiger partial charge in [-0.25, -0.2) is 0 Å². The number of likely N-dealkylation sites (tertiary alicyclic amines) is 1. The molecule has 6 nitrogen and oxygen atoms in total. The van der Waals surface area contributed by atoms with Crippen LogP contribution in [-0.2, 0) is 9.59 Å². The second-order valence-corrected chi connectivity index (χ2v) is 9.47. The van der Waals surface area contributed by atoms with Crippen molar-refractivity contribution in [3.8, 4) is 0 Å². The van der Waals surface area contributed by atoms with E-state index in [1.807, 2.05) is 35.2 Å². The van der Waals surface area contributed by atoms with Crippen molar-refractivity contribution in [2.24, 2.45) is 0 Å². The number of para-hydroxylation sites is 1. The second kappa shape index (κ2) is 12.5. The molecule has 0 amide bonds. The van der Waals surface area contributed by atoms with Crippen LogP contribution in [0.25, 0.3) is 0 Å². The van der Waals surface area contributed by atoms with Crippen molar-refractivity contribution in [1.29, 1.82) is 0 Å². The first-order chi connectivity index (χ1) is 17.6. The van der Waals surface area contributed by atoms with Crippen molar-refractivity contribution in [3.05, 3.63) is 102 Å². The molecule has 0 spiro atoms. The minimum atomic E-state index is -0.913. The summed E-state index contributed by atoms with van der Waals surface area (Å²) in [5.74, 6) is -0.587. The Hall–Kier alpha value is -3.48. The lowest BCUT2D eigenvalue weighted by molar-refractivity contribution is -0.135. The van der Waals surface area contributed by atoms with Gasteiger partial charge in [0.05, 0.1) is 18.8 Å². The zero-order chi connectivity index (χ0) is 25.2. The summed E-state index contributed by atoms with van der Waals surface area (Å²) in [4.78, 5) is 28.1. The number of aldehydes is 1. The van der Waals surface area contributed by atoms with Crippen molar-refractivity contribution < 1.29 is 14.7 Å². The van der Waals surface area contributed by atoms with Gasteiger partial charge < -0.3 is 19.7 Å². The normalized spacial score (nSPS) is 15.5. The molecule has 3 aromatic carbocycles. The van der Waals surface area contributed by atoms with E-state index in [0.29, 0.717) is 25.4 Å². The summed E-state index contributed by atoms with van der Waals surface area (Å²) < 4.78 is 0. The topological polar surface area (TPSA) is 72.9 Å². The van der Waals surface area contributed by atoms with Crippen LogP contribution in [0.1, 0.15) is 36.3 Å². The summed E-state index contributed by atoms with van der Waals surface area (Å²) in [5, 5.41) is 12.1. The number of benzene rings is 3. The van der Waals surface area contributed by atoms with Gasteiger partial charge in [0.1, 0.15) is 6.29 Å². The van der Waals surface area contributed by atoms with E-state index in [1.165, 1.54) is 11.1 Å². The van der Waals surface area contributed by atoms with Crippen LogP contribution in [0.2, 0.25) is 0 Å². The van der Waals surface area contributed by atoms with Crippen LogP contribution in [0.15, 0.2) is 91.0 Å². The summed E-state index contributed by atoms with van der Waals surface area (Å²) in [6.45, 7) is 2.74. The lowest BCUT2D eigenvalue weighted by Crippen LogP contribution is -2.59. The van der Waals surface area contributed by atoms with E-state index in [-0.39, 0.29) is 6.54 Å². The van der Waals surface area contributed by atoms with Crippen molar-refractivity contribution in [2.75, 3.05) is 37.7 Å². The molecule has 0 atom stereocenters. The third kappa shape index (κ3) is 6.39. The third-order valence-electron chi connectivity index (χ3n) is 7.23. The number of aliphatic carboxylic acids is 1. The number of anilines is 1. The number of hydrogen-bond donors (Lipinski definition) is 2. The summed E-state index contributed by atoms with van der Waals surface area (Å²) in [5.41, 5.74) is 2.90. The number of piperidine rings is 1. The fraction of sp³-hybridized carbons (Fsp3) is 0.333. The van der Waals surface area contributed by atoms with Gasteiger partial charge in [-0.3, -0.25) is 10.1 Å². The van der Waals surface area contributed by atoms with Crippen molar-refractivity contribution >= 4 is 17.9 Å². The molecule has 4 rings (SSSR count). The first-order valence-electron chi connectivity index (χ1n) is 12.6. The molecule has 2 N–H and O–H groups in total. The average molecular weight is 486 g/mol. The molecular weight excluding hydrogens is 450 g/mol. The quantitative estimate of drug-likeness (QED) is 0.293. The molecule has 3 aromatic rings. The average Bonchev–Trinajstić information content (AvgIpc) is 2.93. The maximum absolute atomic E-state index is 12.5. The number of carbonyl (C=O) groups excluding carboxylic acids is 1. The molecule has 0 bridgehead atoms. The van der Waals surface area contributed by atoms with Crippen LogP contribution in [-0.4, -0.2) is 60.6 Å². The zero-order valence-electron chi connectivity index (χ0n) is 20.6. The fourth-order valence-electron chi connectivity index (χ4n) is 5.21. The molecule has 1 aliphatic heterocycles. The number of carboxylic acids is 1. The van der Waals surface area contributed by atoms with E-state index in [2.05, 4.69) is 70.9 Å². The molecule has 1 aliphatic rings. The van der Waals surface area contributed by atoms with Crippen LogP contribution in [0, 0.1) is 0 Å². The minimum absolute atomic E-state index is 0.148. The van der Waals surface area contributed by atoms with Crippen LogP contribution in [0.4, 0.5) is 5.69 Å².